The minimum atomic E-state index is -4.48. The highest BCUT2D eigenvalue weighted by molar-refractivity contribution is 7.93. The van der Waals surface area contributed by atoms with Crippen LogP contribution in [0, 0.1) is 27.7 Å². The first-order valence-corrected chi connectivity index (χ1v) is 23.9. The fraction of sp³-hybridized carbons (Fsp3) is 0.0952. The van der Waals surface area contributed by atoms with Crippen molar-refractivity contribution in [3.05, 3.63) is 166 Å². The molecule has 0 saturated carbocycles. The van der Waals surface area contributed by atoms with Gasteiger partial charge in [0, 0.05) is 0 Å². The van der Waals surface area contributed by atoms with Crippen LogP contribution in [0.4, 0.5) is 22.7 Å². The van der Waals surface area contributed by atoms with E-state index in [2.05, 4.69) is 18.9 Å². The SMILES string of the molecule is Cc1ccc(S(=O)(=O)Nc2ccc(NS(=O)(=O)c3ccc(C)cc3)c3c2C(=O)[14c]2[14c](NS(=O)(=O)c4ccc(C)cc4)[14cH][14cH][14c](NS(=O)(=O)c4ccc(C)cc4)[14c]2C3=O)cc1. The van der Waals surface area contributed by atoms with Gasteiger partial charge in [0.25, 0.3) is 40.1 Å². The van der Waals surface area contributed by atoms with Gasteiger partial charge in [-0.3, -0.25) is 28.5 Å². The van der Waals surface area contributed by atoms with E-state index in [9.17, 15) is 33.7 Å². The lowest BCUT2D eigenvalue weighted by atomic mass is 10.0. The highest BCUT2D eigenvalue weighted by Gasteiger charge is 2.40. The van der Waals surface area contributed by atoms with Crippen molar-refractivity contribution in [1.82, 2.24) is 0 Å². The molecule has 7 rings (SSSR count). The van der Waals surface area contributed by atoms with Crippen LogP contribution >= 0.6 is 0 Å². The maximum Gasteiger partial charge on any atom is 0.261 e. The zero-order valence-corrected chi connectivity index (χ0v) is 35.5. The molecule has 6 aromatic carbocycles. The van der Waals surface area contributed by atoms with Crippen molar-refractivity contribution in [3.8, 4) is 0 Å². The second-order valence-corrected chi connectivity index (χ2v) is 20.9. The fourth-order valence-corrected chi connectivity index (χ4v) is 10.7. The lowest BCUT2D eigenvalue weighted by molar-refractivity contribution is 0.0981. The summed E-state index contributed by atoms with van der Waals surface area (Å²) in [6, 6.07) is 27.3. The first kappa shape index (κ1) is 41.8. The van der Waals surface area contributed by atoms with Crippen molar-refractivity contribution < 1.29 is 43.3 Å². The van der Waals surface area contributed by atoms with Crippen LogP contribution in [0.15, 0.2) is 141 Å². The second-order valence-electron chi connectivity index (χ2n) is 14.2. The third-order valence-electron chi connectivity index (χ3n) is 9.62. The Kier molecular flexibility index (Phi) is 10.7. The van der Waals surface area contributed by atoms with Crippen molar-refractivity contribution in [2.75, 3.05) is 18.9 Å². The summed E-state index contributed by atoms with van der Waals surface area (Å²) >= 11 is 0. The predicted octanol–water partition coefficient (Wildman–Crippen LogP) is 6.90. The van der Waals surface area contributed by atoms with E-state index >= 15 is 9.59 Å². The van der Waals surface area contributed by atoms with Crippen LogP contribution in [-0.4, -0.2) is 45.2 Å². The first-order chi connectivity index (χ1) is 28.2. The van der Waals surface area contributed by atoms with Crippen LogP contribution in [-0.2, 0) is 40.1 Å². The van der Waals surface area contributed by atoms with E-state index in [4.69, 9.17) is 0 Å². The van der Waals surface area contributed by atoms with Gasteiger partial charge < -0.3 is 0 Å². The number of sulfonamides is 4. The quantitative estimate of drug-likeness (QED) is 0.0994. The number of anilines is 4. The molecule has 0 atom stereocenters. The van der Waals surface area contributed by atoms with Gasteiger partial charge in [-0.05, 0) is 100 Å². The van der Waals surface area contributed by atoms with Crippen LogP contribution in [0.5, 0.6) is 0 Å². The summed E-state index contributed by atoms with van der Waals surface area (Å²) in [6.07, 6.45) is 0. The van der Waals surface area contributed by atoms with E-state index in [-0.39, 0.29) is 19.6 Å². The van der Waals surface area contributed by atoms with E-state index < -0.39 is 96.7 Å². The molecular formula is C42H36N4O10S4. The van der Waals surface area contributed by atoms with E-state index in [0.29, 0.717) is 0 Å². The number of nitrogens with one attached hydrogen (secondary N) is 4. The van der Waals surface area contributed by atoms with E-state index in [1.54, 1.807) is 76.2 Å². The molecule has 6 aromatic rings. The average molecular weight is 897 g/mol. The van der Waals surface area contributed by atoms with Gasteiger partial charge in [-0.25, -0.2) is 33.7 Å². The average Bonchev–Trinajstić information content (AvgIpc) is 3.18. The van der Waals surface area contributed by atoms with E-state index in [1.165, 1.54) is 48.5 Å². The standard InChI is InChI=1S/C42H36N4O10S4/c1-25-5-13-29(14-6-25)57(49,50)43-33-21-22-34(44-58(51,52)30-15-7-26(2)8-16-30)38-37(33)41(47)39-35(45-59(53,54)31-17-9-27(3)10-18-31)23-24-36(40(39)42(38)48)46-60(55,56)32-19-11-28(4)12-20-32/h5-24,43-46H,1-4H3/i21+2,22+2,33+2,34+2,37+2,38+2. The number of carbonyl (C=O) groups excluding carboxylic acids is 2. The normalized spacial score (nSPS) is 12.9. The van der Waals surface area contributed by atoms with Crippen molar-refractivity contribution in [2.24, 2.45) is 0 Å². The van der Waals surface area contributed by atoms with Crippen molar-refractivity contribution in [3.63, 3.8) is 0 Å². The van der Waals surface area contributed by atoms with Crippen LogP contribution in [0.2, 0.25) is 0 Å². The molecule has 1 aliphatic carbocycles. The number of fused-ring (bicyclic) bond motifs is 2. The molecule has 0 unspecified atom stereocenters. The van der Waals surface area contributed by atoms with E-state index in [0.717, 1.165) is 46.5 Å². The van der Waals surface area contributed by atoms with Gasteiger partial charge in [-0.2, -0.15) is 0 Å². The monoisotopic (exact) mass is 896 g/mol. The molecule has 0 bridgehead atoms. The smallest absolute Gasteiger partial charge is 0.261 e. The van der Waals surface area contributed by atoms with Gasteiger partial charge in [-0.1, -0.05) is 70.8 Å². The molecular weight excluding hydrogens is 861 g/mol. The summed E-state index contributed by atoms with van der Waals surface area (Å²) < 4.78 is 120. The van der Waals surface area contributed by atoms with Crippen LogP contribution in [0.25, 0.3) is 0 Å². The minimum Gasteiger partial charge on any atom is -0.288 e. The lowest BCUT2D eigenvalue weighted by Crippen LogP contribution is -2.29. The highest BCUT2D eigenvalue weighted by atomic mass is 32.2. The summed E-state index contributed by atoms with van der Waals surface area (Å²) in [7, 11) is -17.9. The molecule has 4 N–H and O–H groups in total. The predicted molar refractivity (Wildman–Crippen MR) is 228 cm³/mol. The lowest BCUT2D eigenvalue weighted by Gasteiger charge is -2.27. The Morgan fingerprint density at radius 2 is 0.633 bits per heavy atom. The summed E-state index contributed by atoms with van der Waals surface area (Å²) in [5.74, 6) is -2.29. The number of benzene rings is 6. The molecule has 0 aliphatic heterocycles. The molecule has 0 spiro atoms. The Bertz CT molecular complexity index is 2760. The van der Waals surface area contributed by atoms with Gasteiger partial charge in [0.15, 0.2) is 11.6 Å². The molecule has 0 aromatic heterocycles. The fourth-order valence-electron chi connectivity index (χ4n) is 6.42. The molecule has 60 heavy (non-hydrogen) atoms. The molecule has 1 aliphatic rings. The van der Waals surface area contributed by atoms with E-state index in [1.807, 2.05) is 0 Å². The molecule has 308 valence electrons. The molecule has 14 nitrogen and oxygen atoms in total. The Labute approximate surface area is 347 Å². The van der Waals surface area contributed by atoms with Crippen molar-refractivity contribution >= 4 is 74.4 Å². The number of carbonyl (C=O) groups is 2. The number of rotatable bonds is 12. The molecule has 0 heterocycles. The Morgan fingerprint density at radius 3 is 0.900 bits per heavy atom. The molecule has 18 heteroatoms. The molecule has 0 radical (unpaired) electrons. The minimum absolute atomic E-state index is 0.208. The second kappa shape index (κ2) is 15.4. The maximum absolute atomic E-state index is 15.1. The van der Waals surface area contributed by atoms with Crippen molar-refractivity contribution in [2.45, 2.75) is 47.3 Å². The third-order valence-corrected chi connectivity index (χ3v) is 15.1. The summed E-state index contributed by atoms with van der Waals surface area (Å²) in [4.78, 5) is 29.4. The maximum atomic E-state index is 15.1. The zero-order chi connectivity index (χ0) is 43.4. The molecule has 0 saturated heterocycles. The summed E-state index contributed by atoms with van der Waals surface area (Å²) in [6.45, 7) is 6.99. The van der Waals surface area contributed by atoms with Crippen molar-refractivity contribution in [1.29, 1.82) is 0 Å². The molecule has 0 fully saturated rings. The van der Waals surface area contributed by atoms with Crippen LogP contribution in [0.1, 0.15) is 54.1 Å². The van der Waals surface area contributed by atoms with Gasteiger partial charge in [0.05, 0.1) is 64.6 Å². The number of hydrogen-bond acceptors (Lipinski definition) is 10. The third kappa shape index (κ3) is 8.14. The van der Waals surface area contributed by atoms with Gasteiger partial charge in [0.2, 0.25) is 0 Å². The summed E-state index contributed by atoms with van der Waals surface area (Å²) in [5, 5.41) is 0. The van der Waals surface area contributed by atoms with Gasteiger partial charge in [-0.15, -0.1) is 0 Å². The zero-order valence-electron chi connectivity index (χ0n) is 32.3. The number of ketones is 2. The molecule has 0 amide bonds. The highest BCUT2D eigenvalue weighted by Crippen LogP contribution is 2.43. The van der Waals surface area contributed by atoms with Crippen LogP contribution < -0.4 is 18.9 Å². The van der Waals surface area contributed by atoms with Crippen LogP contribution in [0.3, 0.4) is 0 Å². The Hall–Kier alpha value is -6.34. The largest absolute Gasteiger partial charge is 0.288 e. The first-order valence-electron chi connectivity index (χ1n) is 18.0. The number of hydrogen-bond donors (Lipinski definition) is 4. The topological polar surface area (TPSA) is 219 Å². The number of aryl methyl sites for hydroxylation is 4. The Balaban J connectivity index is 1.46. The van der Waals surface area contributed by atoms with Gasteiger partial charge >= 0.3 is 0 Å². The Morgan fingerprint density at radius 1 is 0.383 bits per heavy atom. The van der Waals surface area contributed by atoms with Gasteiger partial charge in [0.1, 0.15) is 0 Å². The summed E-state index contributed by atoms with van der Waals surface area (Å²) in [5.41, 5.74) is -1.35.